The predicted octanol–water partition coefficient (Wildman–Crippen LogP) is 2.88. The van der Waals surface area contributed by atoms with Crippen LogP contribution in [-0.4, -0.2) is 76.7 Å². The number of allylic oxidation sites excluding steroid dienone is 1. The lowest BCUT2D eigenvalue weighted by atomic mass is 9.94. The number of hydrogen-bond donors (Lipinski definition) is 1. The highest BCUT2D eigenvalue weighted by molar-refractivity contribution is 5.97. The molecule has 214 valence electrons. The summed E-state index contributed by atoms with van der Waals surface area (Å²) < 4.78 is 91.3. The van der Waals surface area contributed by atoms with Crippen LogP contribution in [0.4, 0.5) is 30.7 Å². The van der Waals surface area contributed by atoms with Gasteiger partial charge in [-0.05, 0) is 44.0 Å². The van der Waals surface area contributed by atoms with E-state index in [1.165, 1.54) is 26.8 Å². The molecule has 1 saturated heterocycles. The number of alkyl halides is 6. The number of hydrogen-bond acceptors (Lipinski definition) is 6. The van der Waals surface area contributed by atoms with E-state index in [1.807, 2.05) is 5.43 Å². The number of nitrogens with zero attached hydrogens (tertiary/aromatic N) is 3. The number of hydroxylamine groups is 1. The molecule has 1 N–H and O–H groups in total. The summed E-state index contributed by atoms with van der Waals surface area (Å²) in [6.45, 7) is 1.63. The van der Waals surface area contributed by atoms with E-state index in [0.717, 1.165) is 17.0 Å². The Kier molecular flexibility index (Phi) is 8.17. The van der Waals surface area contributed by atoms with E-state index >= 15 is 0 Å². The van der Waals surface area contributed by atoms with Crippen molar-refractivity contribution in [3.8, 4) is 0 Å². The number of nitrogens with one attached hydrogen (secondary N) is 1. The molecule has 2 unspecified atom stereocenters. The van der Waals surface area contributed by atoms with Gasteiger partial charge in [-0.25, -0.2) is 14.6 Å². The normalized spacial score (nSPS) is 20.8. The fourth-order valence-corrected chi connectivity index (χ4v) is 4.08. The first-order valence-electron chi connectivity index (χ1n) is 11.4. The average Bonchev–Trinajstić information content (AvgIpc) is 2.81. The minimum atomic E-state index is -5.37. The van der Waals surface area contributed by atoms with Crippen molar-refractivity contribution in [2.75, 3.05) is 19.6 Å². The number of carbonyl (C=O) groups excluding carboxylic acids is 4. The number of rotatable bonds is 5. The molecular weight excluding hydrogens is 545 g/mol. The van der Waals surface area contributed by atoms with Crippen LogP contribution >= 0.6 is 0 Å². The highest BCUT2D eigenvalue weighted by Gasteiger charge is 2.44. The first kappa shape index (κ1) is 29.7. The van der Waals surface area contributed by atoms with Gasteiger partial charge in [-0.3, -0.25) is 14.4 Å². The second-order valence-corrected chi connectivity index (χ2v) is 9.16. The molecule has 39 heavy (non-hydrogen) atoms. The zero-order valence-electron chi connectivity index (χ0n) is 20.7. The Morgan fingerprint density at radius 1 is 1.10 bits per heavy atom. The SMILES string of the molecule is CC1=C(Cc2ccc(F)c(C(=O)N3CC(=O)N(CC(F)(F)F)C(C)C3)c2)N(OC(=O)C(F)(F)F)NC(=O)C1C. The Morgan fingerprint density at radius 2 is 1.74 bits per heavy atom. The van der Waals surface area contributed by atoms with Crippen molar-refractivity contribution in [3.05, 3.63) is 46.4 Å². The first-order valence-corrected chi connectivity index (χ1v) is 11.4. The second-order valence-electron chi connectivity index (χ2n) is 9.16. The van der Waals surface area contributed by atoms with Gasteiger partial charge in [-0.2, -0.15) is 26.3 Å². The standard InChI is InChI=1S/C23H23F7N4O5/c1-11-8-32(9-18(35)33(11)10-22(25,26)27)20(37)15-6-14(4-5-16(15)24)7-17-12(2)13(3)19(36)31-34(17)39-21(38)23(28,29)30/h4-6,11,13H,7-10H2,1-3H3,(H,31,36). The fourth-order valence-electron chi connectivity index (χ4n) is 4.08. The summed E-state index contributed by atoms with van der Waals surface area (Å²) >= 11 is 0. The molecule has 0 aliphatic carbocycles. The smallest absolute Gasteiger partial charge is 0.328 e. The summed E-state index contributed by atoms with van der Waals surface area (Å²) in [6.07, 6.45) is -10.3. The van der Waals surface area contributed by atoms with Gasteiger partial charge in [0, 0.05) is 19.0 Å². The molecule has 9 nitrogen and oxygen atoms in total. The van der Waals surface area contributed by atoms with Gasteiger partial charge >= 0.3 is 18.3 Å². The Morgan fingerprint density at radius 3 is 2.31 bits per heavy atom. The maximum absolute atomic E-state index is 14.7. The average molecular weight is 568 g/mol. The van der Waals surface area contributed by atoms with Crippen LogP contribution in [0, 0.1) is 11.7 Å². The van der Waals surface area contributed by atoms with Crippen LogP contribution in [0.15, 0.2) is 29.5 Å². The van der Waals surface area contributed by atoms with Crippen molar-refractivity contribution in [2.45, 2.75) is 45.6 Å². The molecule has 1 aromatic carbocycles. The van der Waals surface area contributed by atoms with Crippen LogP contribution in [0.1, 0.15) is 36.7 Å². The molecule has 0 radical (unpaired) electrons. The third-order valence-corrected chi connectivity index (χ3v) is 6.29. The van der Waals surface area contributed by atoms with Crippen molar-refractivity contribution in [3.63, 3.8) is 0 Å². The summed E-state index contributed by atoms with van der Waals surface area (Å²) in [7, 11) is 0. The van der Waals surface area contributed by atoms with E-state index in [1.54, 1.807) is 0 Å². The monoisotopic (exact) mass is 568 g/mol. The summed E-state index contributed by atoms with van der Waals surface area (Å²) in [5.41, 5.74) is 1.77. The Labute approximate surface area is 217 Å². The highest BCUT2D eigenvalue weighted by Crippen LogP contribution is 2.29. The minimum absolute atomic E-state index is 0.0886. The Balaban J connectivity index is 1.86. The molecule has 3 amide bonds. The number of piperazine rings is 1. The van der Waals surface area contributed by atoms with Crippen LogP contribution in [-0.2, 0) is 25.6 Å². The third kappa shape index (κ3) is 6.78. The van der Waals surface area contributed by atoms with E-state index in [2.05, 4.69) is 4.84 Å². The van der Waals surface area contributed by atoms with Crippen LogP contribution in [0.3, 0.4) is 0 Å². The fraction of sp³-hybridized carbons (Fsp3) is 0.478. The molecule has 0 spiro atoms. The van der Waals surface area contributed by atoms with E-state index in [0.29, 0.717) is 4.90 Å². The van der Waals surface area contributed by atoms with Crippen molar-refractivity contribution < 1.29 is 54.7 Å². The van der Waals surface area contributed by atoms with Gasteiger partial charge in [-0.15, -0.1) is 5.17 Å². The summed E-state index contributed by atoms with van der Waals surface area (Å²) in [6, 6.07) is 2.13. The zero-order chi connectivity index (χ0) is 29.4. The van der Waals surface area contributed by atoms with Crippen molar-refractivity contribution >= 4 is 23.7 Å². The van der Waals surface area contributed by atoms with E-state index in [9.17, 15) is 49.9 Å². The quantitative estimate of drug-likeness (QED) is 0.549. The van der Waals surface area contributed by atoms with Gasteiger partial charge in [0.25, 0.3) is 5.91 Å². The topological polar surface area (TPSA) is 99.3 Å². The maximum Gasteiger partial charge on any atom is 0.493 e. The number of benzene rings is 1. The minimum Gasteiger partial charge on any atom is -0.328 e. The van der Waals surface area contributed by atoms with Gasteiger partial charge in [0.1, 0.15) is 18.9 Å². The number of amides is 3. The van der Waals surface area contributed by atoms with E-state index < -0.39 is 72.5 Å². The van der Waals surface area contributed by atoms with Gasteiger partial charge in [0.05, 0.1) is 17.2 Å². The van der Waals surface area contributed by atoms with Crippen molar-refractivity contribution in [1.82, 2.24) is 20.4 Å². The molecule has 2 heterocycles. The third-order valence-electron chi connectivity index (χ3n) is 6.29. The van der Waals surface area contributed by atoms with Gasteiger partial charge < -0.3 is 14.6 Å². The molecule has 2 aliphatic rings. The molecule has 1 aromatic rings. The Bertz CT molecular complexity index is 1210. The molecule has 2 atom stereocenters. The molecule has 0 aromatic heterocycles. The van der Waals surface area contributed by atoms with E-state index in [-0.39, 0.29) is 35.0 Å². The molecule has 16 heteroatoms. The lowest BCUT2D eigenvalue weighted by Crippen LogP contribution is -2.58. The maximum atomic E-state index is 14.7. The lowest BCUT2D eigenvalue weighted by Gasteiger charge is -2.39. The number of halogens is 7. The molecule has 0 bridgehead atoms. The molecule has 1 fully saturated rings. The Hall–Kier alpha value is -3.85. The van der Waals surface area contributed by atoms with Crippen LogP contribution in [0.25, 0.3) is 0 Å². The molecular formula is C23H23F7N4O5. The second kappa shape index (κ2) is 10.7. The lowest BCUT2D eigenvalue weighted by molar-refractivity contribution is -0.242. The molecule has 3 rings (SSSR count). The molecule has 2 aliphatic heterocycles. The summed E-state index contributed by atoms with van der Waals surface area (Å²) in [5.74, 6) is -7.19. The number of carbonyl (C=O) groups is 4. The van der Waals surface area contributed by atoms with Gasteiger partial charge in [0.15, 0.2) is 0 Å². The van der Waals surface area contributed by atoms with Crippen LogP contribution < -0.4 is 5.43 Å². The summed E-state index contributed by atoms with van der Waals surface area (Å²) in [4.78, 5) is 54.6. The summed E-state index contributed by atoms with van der Waals surface area (Å²) in [5, 5.41) is 0.262. The van der Waals surface area contributed by atoms with Crippen molar-refractivity contribution in [1.29, 1.82) is 0 Å². The van der Waals surface area contributed by atoms with Gasteiger partial charge in [-0.1, -0.05) is 6.07 Å². The molecule has 0 saturated carbocycles. The van der Waals surface area contributed by atoms with Crippen LogP contribution in [0.5, 0.6) is 0 Å². The van der Waals surface area contributed by atoms with Gasteiger partial charge in [0.2, 0.25) is 11.8 Å². The largest absolute Gasteiger partial charge is 0.493 e. The van der Waals surface area contributed by atoms with Crippen LogP contribution in [0.2, 0.25) is 0 Å². The predicted molar refractivity (Wildman–Crippen MR) is 117 cm³/mol. The number of hydrazine groups is 1. The van der Waals surface area contributed by atoms with E-state index in [4.69, 9.17) is 0 Å². The van der Waals surface area contributed by atoms with Crippen molar-refractivity contribution in [2.24, 2.45) is 5.92 Å². The highest BCUT2D eigenvalue weighted by atomic mass is 19.4. The first-order chi connectivity index (χ1) is 17.9. The zero-order valence-corrected chi connectivity index (χ0v) is 20.7.